The predicted molar refractivity (Wildman–Crippen MR) is 132 cm³/mol. The van der Waals surface area contributed by atoms with E-state index in [0.717, 1.165) is 10.4 Å². The highest BCUT2D eigenvalue weighted by Gasteiger charge is 2.15. The summed E-state index contributed by atoms with van der Waals surface area (Å²) < 4.78 is 6.83. The molecule has 2 aromatic carbocycles. The van der Waals surface area contributed by atoms with Crippen LogP contribution >= 0.6 is 23.1 Å². The minimum absolute atomic E-state index is 0.0965. The van der Waals surface area contributed by atoms with Crippen LogP contribution in [0.1, 0.15) is 22.1 Å². The molecule has 3 heterocycles. The fourth-order valence-electron chi connectivity index (χ4n) is 3.32. The SMILES string of the molecule is Cn1c(SCc2nc(CNC(=O)c3ccccc3)no2)nc2sc(-c3ccccc3)cc2c1=O. The number of aromatic nitrogens is 4. The van der Waals surface area contributed by atoms with E-state index in [4.69, 9.17) is 9.51 Å². The standard InChI is InChI=1S/C24H19N5O3S2/c1-29-23(31)17-12-18(15-8-4-2-5-9-15)34-22(17)27-24(29)33-14-20-26-19(28-32-20)13-25-21(30)16-10-6-3-7-11-16/h2-12H,13-14H2,1H3,(H,25,30). The second-order valence-corrected chi connectivity index (χ2v) is 9.37. The normalized spacial score (nSPS) is 11.1. The van der Waals surface area contributed by atoms with Crippen molar-refractivity contribution in [2.45, 2.75) is 17.5 Å². The Labute approximate surface area is 202 Å². The van der Waals surface area contributed by atoms with Crippen molar-refractivity contribution in [3.05, 3.63) is 94.4 Å². The van der Waals surface area contributed by atoms with E-state index in [1.807, 2.05) is 42.5 Å². The number of thioether (sulfide) groups is 1. The maximum Gasteiger partial charge on any atom is 0.262 e. The summed E-state index contributed by atoms with van der Waals surface area (Å²) in [5.41, 5.74) is 1.52. The quantitative estimate of drug-likeness (QED) is 0.269. The van der Waals surface area contributed by atoms with Gasteiger partial charge < -0.3 is 9.84 Å². The van der Waals surface area contributed by atoms with Gasteiger partial charge in [0.2, 0.25) is 5.89 Å². The molecule has 0 saturated carbocycles. The van der Waals surface area contributed by atoms with E-state index in [2.05, 4.69) is 15.5 Å². The van der Waals surface area contributed by atoms with Crippen LogP contribution in [0.3, 0.4) is 0 Å². The Kier molecular flexibility index (Phi) is 6.24. The number of hydrogen-bond acceptors (Lipinski definition) is 8. The highest BCUT2D eigenvalue weighted by molar-refractivity contribution is 7.98. The maximum absolute atomic E-state index is 12.9. The van der Waals surface area contributed by atoms with E-state index in [-0.39, 0.29) is 18.0 Å². The lowest BCUT2D eigenvalue weighted by Gasteiger charge is -2.05. The van der Waals surface area contributed by atoms with Crippen molar-refractivity contribution in [1.82, 2.24) is 25.0 Å². The summed E-state index contributed by atoms with van der Waals surface area (Å²) >= 11 is 2.83. The Balaban J connectivity index is 1.27. The summed E-state index contributed by atoms with van der Waals surface area (Å²) in [6.07, 6.45) is 0. The van der Waals surface area contributed by atoms with E-state index >= 15 is 0 Å². The topological polar surface area (TPSA) is 103 Å². The number of hydrogen-bond donors (Lipinski definition) is 1. The smallest absolute Gasteiger partial charge is 0.262 e. The minimum Gasteiger partial charge on any atom is -0.345 e. The van der Waals surface area contributed by atoms with Gasteiger partial charge in [0.15, 0.2) is 11.0 Å². The summed E-state index contributed by atoms with van der Waals surface area (Å²) in [5, 5.41) is 7.86. The van der Waals surface area contributed by atoms with Gasteiger partial charge in [0, 0.05) is 17.5 Å². The van der Waals surface area contributed by atoms with Gasteiger partial charge in [-0.1, -0.05) is 65.4 Å². The first-order valence-corrected chi connectivity index (χ1v) is 12.2. The molecule has 10 heteroatoms. The van der Waals surface area contributed by atoms with E-state index < -0.39 is 0 Å². The second kappa shape index (κ2) is 9.62. The Morgan fingerprint density at radius 3 is 2.59 bits per heavy atom. The van der Waals surface area contributed by atoms with E-state index in [1.54, 1.807) is 31.3 Å². The van der Waals surface area contributed by atoms with Crippen molar-refractivity contribution in [2.75, 3.05) is 0 Å². The van der Waals surface area contributed by atoms with Crippen molar-refractivity contribution in [3.8, 4) is 10.4 Å². The lowest BCUT2D eigenvalue weighted by molar-refractivity contribution is 0.0949. The first-order valence-electron chi connectivity index (χ1n) is 10.4. The zero-order chi connectivity index (χ0) is 23.5. The van der Waals surface area contributed by atoms with Crippen LogP contribution in [0.5, 0.6) is 0 Å². The Morgan fingerprint density at radius 2 is 1.82 bits per heavy atom. The third-order valence-corrected chi connectivity index (χ3v) is 7.16. The lowest BCUT2D eigenvalue weighted by Crippen LogP contribution is -2.23. The van der Waals surface area contributed by atoms with Crippen molar-refractivity contribution < 1.29 is 9.32 Å². The Hall–Kier alpha value is -3.76. The first-order chi connectivity index (χ1) is 16.6. The van der Waals surface area contributed by atoms with Crippen LogP contribution in [0, 0.1) is 0 Å². The van der Waals surface area contributed by atoms with Crippen molar-refractivity contribution in [1.29, 1.82) is 0 Å². The Bertz CT molecular complexity index is 1510. The van der Waals surface area contributed by atoms with Gasteiger partial charge in [-0.2, -0.15) is 4.98 Å². The fourth-order valence-corrected chi connectivity index (χ4v) is 5.21. The maximum atomic E-state index is 12.9. The van der Waals surface area contributed by atoms with Crippen LogP contribution in [0.15, 0.2) is 81.2 Å². The van der Waals surface area contributed by atoms with Crippen LogP contribution in [0.25, 0.3) is 20.7 Å². The molecule has 1 N–H and O–H groups in total. The minimum atomic E-state index is -0.209. The van der Waals surface area contributed by atoms with E-state index in [0.29, 0.717) is 38.4 Å². The van der Waals surface area contributed by atoms with E-state index in [1.165, 1.54) is 27.7 Å². The molecule has 1 amide bonds. The van der Waals surface area contributed by atoms with Gasteiger partial charge in [-0.05, 0) is 23.8 Å². The number of nitrogens with zero attached hydrogens (tertiary/aromatic N) is 4. The summed E-state index contributed by atoms with van der Waals surface area (Å²) in [7, 11) is 1.70. The molecule has 3 aromatic heterocycles. The molecule has 5 rings (SSSR count). The van der Waals surface area contributed by atoms with Gasteiger partial charge in [0.25, 0.3) is 11.5 Å². The fraction of sp³-hybridized carbons (Fsp3) is 0.125. The van der Waals surface area contributed by atoms with Gasteiger partial charge in [0.1, 0.15) is 4.83 Å². The van der Waals surface area contributed by atoms with Crippen LogP contribution in [-0.4, -0.2) is 25.6 Å². The van der Waals surface area contributed by atoms with Gasteiger partial charge in [-0.15, -0.1) is 11.3 Å². The van der Waals surface area contributed by atoms with Crippen LogP contribution in [-0.2, 0) is 19.3 Å². The average Bonchev–Trinajstić information content (AvgIpc) is 3.52. The summed E-state index contributed by atoms with van der Waals surface area (Å²) in [4.78, 5) is 35.8. The van der Waals surface area contributed by atoms with Gasteiger partial charge in [-0.3, -0.25) is 14.2 Å². The molecule has 0 atom stereocenters. The number of benzene rings is 2. The van der Waals surface area contributed by atoms with E-state index in [9.17, 15) is 9.59 Å². The van der Waals surface area contributed by atoms with Crippen molar-refractivity contribution in [3.63, 3.8) is 0 Å². The summed E-state index contributed by atoms with van der Waals surface area (Å²) in [5.74, 6) is 0.907. The molecule has 5 aromatic rings. The van der Waals surface area contributed by atoms with Crippen LogP contribution in [0.4, 0.5) is 0 Å². The van der Waals surface area contributed by atoms with Crippen LogP contribution < -0.4 is 10.9 Å². The largest absolute Gasteiger partial charge is 0.345 e. The molecule has 0 aliphatic rings. The number of nitrogens with one attached hydrogen (secondary N) is 1. The molecular weight excluding hydrogens is 470 g/mol. The third kappa shape index (κ3) is 4.63. The molecule has 0 bridgehead atoms. The molecule has 0 aliphatic carbocycles. The number of amides is 1. The van der Waals surface area contributed by atoms with Gasteiger partial charge in [-0.25, -0.2) is 4.98 Å². The number of fused-ring (bicyclic) bond motifs is 1. The first kappa shape index (κ1) is 22.1. The highest BCUT2D eigenvalue weighted by Crippen LogP contribution is 2.32. The predicted octanol–water partition coefficient (Wildman–Crippen LogP) is 4.27. The molecule has 0 spiro atoms. The van der Waals surface area contributed by atoms with Gasteiger partial charge >= 0.3 is 0 Å². The molecule has 0 saturated heterocycles. The molecule has 0 fully saturated rings. The monoisotopic (exact) mass is 489 g/mol. The average molecular weight is 490 g/mol. The lowest BCUT2D eigenvalue weighted by atomic mass is 10.2. The summed E-state index contributed by atoms with van der Waals surface area (Å²) in [6.45, 7) is 0.155. The third-order valence-electron chi connectivity index (χ3n) is 5.07. The number of carbonyl (C=O) groups is 1. The number of rotatable bonds is 7. The molecular formula is C24H19N5O3S2. The second-order valence-electron chi connectivity index (χ2n) is 7.40. The van der Waals surface area contributed by atoms with Crippen molar-refractivity contribution >= 4 is 39.2 Å². The molecule has 0 unspecified atom stereocenters. The molecule has 0 radical (unpaired) electrons. The molecule has 34 heavy (non-hydrogen) atoms. The molecule has 170 valence electrons. The van der Waals surface area contributed by atoms with Crippen molar-refractivity contribution in [2.24, 2.45) is 7.05 Å². The zero-order valence-corrected chi connectivity index (χ0v) is 19.7. The van der Waals surface area contributed by atoms with Gasteiger partial charge in [0.05, 0.1) is 17.7 Å². The zero-order valence-electron chi connectivity index (χ0n) is 18.1. The summed E-state index contributed by atoms with van der Waals surface area (Å²) in [6, 6.07) is 20.7. The number of carbonyl (C=O) groups excluding carboxylic acids is 1. The molecule has 0 aliphatic heterocycles. The van der Waals surface area contributed by atoms with Crippen LogP contribution in [0.2, 0.25) is 0 Å². The Morgan fingerprint density at radius 1 is 1.09 bits per heavy atom. The number of thiophene rings is 1. The highest BCUT2D eigenvalue weighted by atomic mass is 32.2. The molecule has 8 nitrogen and oxygen atoms in total.